The second-order valence-electron chi connectivity index (χ2n) is 6.50. The summed E-state index contributed by atoms with van der Waals surface area (Å²) in [5.41, 5.74) is 1.02. The van der Waals surface area contributed by atoms with Crippen molar-refractivity contribution in [1.82, 2.24) is 9.88 Å². The van der Waals surface area contributed by atoms with Gasteiger partial charge in [-0.15, -0.1) is 0 Å². The number of hydrogen-bond acceptors (Lipinski definition) is 6. The van der Waals surface area contributed by atoms with Gasteiger partial charge in [0.05, 0.1) is 28.7 Å². The molecule has 1 rings (SSSR count). The van der Waals surface area contributed by atoms with Gasteiger partial charge in [-0.2, -0.15) is 5.26 Å². The normalized spacial score (nSPS) is 12.0. The van der Waals surface area contributed by atoms with Crippen molar-refractivity contribution in [3.8, 4) is 6.07 Å². The molecule has 0 aliphatic carbocycles. The Kier molecular flexibility index (Phi) is 8.09. The molecule has 0 saturated carbocycles. The van der Waals surface area contributed by atoms with Gasteiger partial charge in [-0.3, -0.25) is 4.79 Å². The SMILES string of the molecule is CCOC(=O)c1cc(C#N)c(S[C@H](C)C(=O)N(C(C)C)C(C)C)nc1C. The molecule has 0 fully saturated rings. The molecule has 142 valence electrons. The van der Waals surface area contributed by atoms with E-state index >= 15 is 0 Å². The Bertz CT molecular complexity index is 703. The first-order valence-electron chi connectivity index (χ1n) is 8.71. The molecule has 0 N–H and O–H groups in total. The van der Waals surface area contributed by atoms with Crippen LogP contribution >= 0.6 is 11.8 Å². The third-order valence-electron chi connectivity index (χ3n) is 3.80. The molecule has 7 heteroatoms. The van der Waals surface area contributed by atoms with E-state index in [1.807, 2.05) is 39.5 Å². The maximum atomic E-state index is 12.8. The fourth-order valence-electron chi connectivity index (χ4n) is 2.70. The minimum Gasteiger partial charge on any atom is -0.462 e. The van der Waals surface area contributed by atoms with Crippen LogP contribution in [0.1, 0.15) is 63.2 Å². The Morgan fingerprint density at radius 3 is 2.31 bits per heavy atom. The quantitative estimate of drug-likeness (QED) is 0.534. The summed E-state index contributed by atoms with van der Waals surface area (Å²) in [6.45, 7) is 13.4. The average Bonchev–Trinajstić information content (AvgIpc) is 2.54. The number of ether oxygens (including phenoxy) is 1. The van der Waals surface area contributed by atoms with E-state index in [0.717, 1.165) is 0 Å². The molecule has 0 bridgehead atoms. The molecule has 0 aliphatic rings. The average molecular weight is 378 g/mol. The minimum absolute atomic E-state index is 0.00203. The van der Waals surface area contributed by atoms with Crippen molar-refractivity contribution >= 4 is 23.6 Å². The fraction of sp³-hybridized carbons (Fsp3) is 0.579. The molecule has 0 radical (unpaired) electrons. The number of nitrogens with zero attached hydrogens (tertiary/aromatic N) is 3. The Labute approximate surface area is 159 Å². The van der Waals surface area contributed by atoms with Crippen LogP contribution in [0.15, 0.2) is 11.1 Å². The molecule has 1 aromatic heterocycles. The molecule has 0 aliphatic heterocycles. The van der Waals surface area contributed by atoms with E-state index in [9.17, 15) is 14.9 Å². The maximum absolute atomic E-state index is 12.8. The van der Waals surface area contributed by atoms with Crippen LogP contribution in [0, 0.1) is 18.3 Å². The zero-order chi connectivity index (χ0) is 20.0. The molecule has 0 aromatic carbocycles. The predicted molar refractivity (Wildman–Crippen MR) is 102 cm³/mol. The smallest absolute Gasteiger partial charge is 0.340 e. The van der Waals surface area contributed by atoms with Gasteiger partial charge in [0.1, 0.15) is 11.1 Å². The molecular weight excluding hydrogens is 350 g/mol. The van der Waals surface area contributed by atoms with Crippen molar-refractivity contribution in [2.24, 2.45) is 0 Å². The Morgan fingerprint density at radius 2 is 1.85 bits per heavy atom. The summed E-state index contributed by atoms with van der Waals surface area (Å²) < 4.78 is 5.00. The van der Waals surface area contributed by atoms with E-state index in [4.69, 9.17) is 4.74 Å². The van der Waals surface area contributed by atoms with Crippen LogP contribution in [0.3, 0.4) is 0 Å². The van der Waals surface area contributed by atoms with Gasteiger partial charge >= 0.3 is 5.97 Å². The molecule has 0 unspecified atom stereocenters. The van der Waals surface area contributed by atoms with Gasteiger partial charge in [0, 0.05) is 12.1 Å². The molecule has 1 amide bonds. The third-order valence-corrected chi connectivity index (χ3v) is 4.89. The van der Waals surface area contributed by atoms with Crippen molar-refractivity contribution in [2.45, 2.75) is 70.8 Å². The van der Waals surface area contributed by atoms with Gasteiger partial charge in [-0.05, 0) is 54.5 Å². The highest BCUT2D eigenvalue weighted by atomic mass is 32.2. The van der Waals surface area contributed by atoms with Gasteiger partial charge in [-0.1, -0.05) is 11.8 Å². The lowest BCUT2D eigenvalue weighted by atomic mass is 10.1. The van der Waals surface area contributed by atoms with Crippen LogP contribution in [0.25, 0.3) is 0 Å². The van der Waals surface area contributed by atoms with Gasteiger partial charge in [-0.25, -0.2) is 9.78 Å². The lowest BCUT2D eigenvalue weighted by molar-refractivity contribution is -0.133. The number of rotatable bonds is 7. The predicted octanol–water partition coefficient (Wildman–Crippen LogP) is 3.56. The number of nitriles is 1. The number of carbonyl (C=O) groups excluding carboxylic acids is 2. The molecule has 1 atom stereocenters. The summed E-state index contributed by atoms with van der Waals surface area (Å²) in [6, 6.07) is 3.72. The molecule has 6 nitrogen and oxygen atoms in total. The highest BCUT2D eigenvalue weighted by Gasteiger charge is 2.27. The number of aryl methyl sites for hydroxylation is 1. The summed E-state index contributed by atoms with van der Waals surface area (Å²) in [7, 11) is 0. The minimum atomic E-state index is -0.500. The number of pyridine rings is 1. The first-order valence-corrected chi connectivity index (χ1v) is 9.59. The second-order valence-corrected chi connectivity index (χ2v) is 7.83. The maximum Gasteiger partial charge on any atom is 0.340 e. The third kappa shape index (κ3) is 5.21. The highest BCUT2D eigenvalue weighted by Crippen LogP contribution is 2.28. The topological polar surface area (TPSA) is 83.3 Å². The van der Waals surface area contributed by atoms with Crippen LogP contribution in [0.2, 0.25) is 0 Å². The number of carbonyl (C=O) groups is 2. The van der Waals surface area contributed by atoms with Gasteiger partial charge in [0.2, 0.25) is 5.91 Å². The number of esters is 1. The summed E-state index contributed by atoms with van der Waals surface area (Å²) in [5, 5.41) is 9.49. The van der Waals surface area contributed by atoms with Crippen LogP contribution in [0.5, 0.6) is 0 Å². The fourth-order valence-corrected chi connectivity index (χ4v) is 3.68. The van der Waals surface area contributed by atoms with E-state index in [1.165, 1.54) is 17.8 Å². The zero-order valence-corrected chi connectivity index (χ0v) is 17.3. The summed E-state index contributed by atoms with van der Waals surface area (Å²) in [6.07, 6.45) is 0. The lowest BCUT2D eigenvalue weighted by Crippen LogP contribution is -2.45. The Balaban J connectivity index is 3.13. The summed E-state index contributed by atoms with van der Waals surface area (Å²) in [4.78, 5) is 31.0. The van der Waals surface area contributed by atoms with E-state index in [-0.39, 0.29) is 35.7 Å². The van der Waals surface area contributed by atoms with Crippen LogP contribution in [-0.4, -0.2) is 45.7 Å². The van der Waals surface area contributed by atoms with E-state index in [0.29, 0.717) is 10.7 Å². The van der Waals surface area contributed by atoms with E-state index in [2.05, 4.69) is 11.1 Å². The van der Waals surface area contributed by atoms with Crippen molar-refractivity contribution in [3.63, 3.8) is 0 Å². The number of hydrogen-bond donors (Lipinski definition) is 0. The largest absolute Gasteiger partial charge is 0.462 e. The zero-order valence-electron chi connectivity index (χ0n) is 16.5. The van der Waals surface area contributed by atoms with Gasteiger partial charge in [0.25, 0.3) is 0 Å². The number of amides is 1. The highest BCUT2D eigenvalue weighted by molar-refractivity contribution is 8.00. The number of thioether (sulfide) groups is 1. The van der Waals surface area contributed by atoms with Crippen molar-refractivity contribution in [2.75, 3.05) is 6.61 Å². The molecule has 26 heavy (non-hydrogen) atoms. The lowest BCUT2D eigenvalue weighted by Gasteiger charge is -2.32. The molecule has 1 aromatic rings. The van der Waals surface area contributed by atoms with Gasteiger partial charge < -0.3 is 9.64 Å². The van der Waals surface area contributed by atoms with Crippen LogP contribution in [-0.2, 0) is 9.53 Å². The van der Waals surface area contributed by atoms with Crippen LogP contribution < -0.4 is 0 Å². The second kappa shape index (κ2) is 9.58. The van der Waals surface area contributed by atoms with Crippen molar-refractivity contribution in [1.29, 1.82) is 5.26 Å². The first kappa shape index (κ1) is 22.0. The van der Waals surface area contributed by atoms with Crippen molar-refractivity contribution < 1.29 is 14.3 Å². The van der Waals surface area contributed by atoms with E-state index in [1.54, 1.807) is 13.8 Å². The molecule has 0 saturated heterocycles. The van der Waals surface area contributed by atoms with E-state index < -0.39 is 11.2 Å². The Hall–Kier alpha value is -2.07. The van der Waals surface area contributed by atoms with Crippen LogP contribution in [0.4, 0.5) is 0 Å². The first-order chi connectivity index (χ1) is 12.1. The molecule has 0 spiro atoms. The summed E-state index contributed by atoms with van der Waals surface area (Å²) in [5.74, 6) is -0.502. The standard InChI is InChI=1S/C19H27N3O3S/c1-8-25-19(24)16-9-15(10-20)17(21-13(16)6)26-14(7)18(23)22(11(2)3)12(4)5/h9,11-12,14H,8H2,1-7H3/t14-/m1/s1. The Morgan fingerprint density at radius 1 is 1.27 bits per heavy atom. The molecular formula is C19H27N3O3S. The summed E-state index contributed by atoms with van der Waals surface area (Å²) >= 11 is 1.24. The molecule has 1 heterocycles. The number of aromatic nitrogens is 1. The monoisotopic (exact) mass is 377 g/mol. The van der Waals surface area contributed by atoms with Gasteiger partial charge in [0.15, 0.2) is 0 Å². The van der Waals surface area contributed by atoms with Crippen molar-refractivity contribution in [3.05, 3.63) is 22.9 Å².